The van der Waals surface area contributed by atoms with E-state index in [4.69, 9.17) is 16.0 Å². The van der Waals surface area contributed by atoms with Crippen LogP contribution in [-0.4, -0.2) is 59.1 Å². The molecule has 0 bridgehead atoms. The predicted molar refractivity (Wildman–Crippen MR) is 167 cm³/mol. The van der Waals surface area contributed by atoms with Crippen LogP contribution in [0.25, 0.3) is 28.0 Å². The molecule has 0 saturated heterocycles. The van der Waals surface area contributed by atoms with E-state index in [0.717, 1.165) is 33.3 Å². The molecule has 1 saturated carbocycles. The van der Waals surface area contributed by atoms with Crippen LogP contribution >= 0.6 is 11.6 Å². The zero-order valence-electron chi connectivity index (χ0n) is 24.4. The minimum Gasteiger partial charge on any atom is -0.846 e. The lowest BCUT2D eigenvalue weighted by Crippen LogP contribution is -2.40. The summed E-state index contributed by atoms with van der Waals surface area (Å²) in [7, 11) is -2.27. The third-order valence-corrected chi connectivity index (χ3v) is 9.92. The average Bonchev–Trinajstić information content (AvgIpc) is 3.46. The number of sulfonamides is 1. The minimum atomic E-state index is -4.07. The molecule has 2 aliphatic rings. The van der Waals surface area contributed by atoms with Crippen LogP contribution in [0.15, 0.2) is 81.0 Å². The molecule has 230 valence electrons. The van der Waals surface area contributed by atoms with Gasteiger partial charge < -0.3 is 19.0 Å². The highest BCUT2D eigenvalue weighted by molar-refractivity contribution is 7.90. The lowest BCUT2D eigenvalue weighted by Gasteiger charge is -2.24. The molecule has 0 spiro atoms. The maximum Gasteiger partial charge on any atom is 0.270 e. The molecule has 2 aromatic heterocycles. The van der Waals surface area contributed by atoms with E-state index in [1.165, 1.54) is 24.3 Å². The zero-order valence-corrected chi connectivity index (χ0v) is 26.0. The molecule has 3 heterocycles. The van der Waals surface area contributed by atoms with E-state index >= 15 is 0 Å². The van der Waals surface area contributed by atoms with Crippen molar-refractivity contribution in [1.82, 2.24) is 24.4 Å². The first-order valence-corrected chi connectivity index (χ1v) is 16.3. The van der Waals surface area contributed by atoms with Gasteiger partial charge in [-0.3, -0.25) is 14.5 Å². The summed E-state index contributed by atoms with van der Waals surface area (Å²) in [4.78, 5) is 19.4. The average molecular weight is 644 g/mol. The number of fused-ring (bicyclic) bond motifs is 3. The van der Waals surface area contributed by atoms with E-state index in [1.807, 2.05) is 51.8 Å². The number of aromatic nitrogens is 3. The summed E-state index contributed by atoms with van der Waals surface area (Å²) in [6.07, 6.45) is 2.52. The fourth-order valence-corrected chi connectivity index (χ4v) is 6.86. The number of hydrogen-bond acceptors (Lipinski definition) is 8. The van der Waals surface area contributed by atoms with Crippen molar-refractivity contribution in [1.29, 1.82) is 0 Å². The second-order valence-corrected chi connectivity index (χ2v) is 13.7. The smallest absolute Gasteiger partial charge is 0.270 e. The van der Waals surface area contributed by atoms with Gasteiger partial charge in [-0.05, 0) is 91.4 Å². The molecule has 1 aliphatic carbocycles. The second-order valence-electron chi connectivity index (χ2n) is 11.5. The Labute approximate surface area is 264 Å². The number of amides is 1. The maximum atomic E-state index is 13.5. The minimum absolute atomic E-state index is 0.0537. The molecule has 7 rings (SSSR count). The second kappa shape index (κ2) is 10.7. The number of hydrogen-bond donors (Lipinski definition) is 1. The highest BCUT2D eigenvalue weighted by Gasteiger charge is 2.42. The van der Waals surface area contributed by atoms with Gasteiger partial charge in [-0.15, -0.1) is 10.2 Å². The monoisotopic (exact) mass is 643 g/mol. The molecular weight excluding hydrogens is 616 g/mol. The van der Waals surface area contributed by atoms with Gasteiger partial charge in [0.1, 0.15) is 5.69 Å². The Hall–Kier alpha value is -4.68. The number of nitrogens with one attached hydrogen (secondary N) is 1. The number of halogens is 1. The van der Waals surface area contributed by atoms with Crippen LogP contribution in [0.4, 0.5) is 0 Å². The van der Waals surface area contributed by atoms with E-state index in [0.29, 0.717) is 54.7 Å². The van der Waals surface area contributed by atoms with Gasteiger partial charge in [0.05, 0.1) is 22.0 Å². The van der Waals surface area contributed by atoms with Gasteiger partial charge in [0.2, 0.25) is 11.8 Å². The molecule has 3 aromatic carbocycles. The van der Waals surface area contributed by atoms with Gasteiger partial charge >= 0.3 is 0 Å². The standard InChI is InChI=1S/C32H29ClN6O5S/c1-19-35-36-29(44-19)21-5-12-27-26(17-21)25-13-16-38(2)30(40)28(25)39(27)23-8-3-20(4-9-23)18-32(14-15-32)34-31(41)37-45(42,43)24-10-6-22(33)7-11-24/h3-12,17H,13-16,18H2,1-2H3,(H2,34,37,41)/p-1. The van der Waals surface area contributed by atoms with E-state index in [-0.39, 0.29) is 10.8 Å². The Bertz CT molecular complexity index is 2100. The summed E-state index contributed by atoms with van der Waals surface area (Å²) in [5, 5.41) is 22.1. The molecule has 1 aliphatic heterocycles. The fourth-order valence-electron chi connectivity index (χ4n) is 5.85. The van der Waals surface area contributed by atoms with Crippen molar-refractivity contribution >= 4 is 44.5 Å². The zero-order chi connectivity index (χ0) is 31.5. The topological polar surface area (TPSA) is 146 Å². The van der Waals surface area contributed by atoms with Gasteiger partial charge in [-0.1, -0.05) is 23.7 Å². The summed E-state index contributed by atoms with van der Waals surface area (Å²) < 4.78 is 34.9. The molecule has 13 heteroatoms. The SMILES string of the molecule is Cc1nnc(-c2ccc3c(c2)c2c(n3-c3ccc(CC4(N=C([O-])NS(=O)(=O)c5ccc(Cl)cc5)CC4)cc3)C(=O)N(C)CC2)o1. The number of likely N-dealkylation sites (N-methyl/N-ethyl adjacent to an activating group) is 1. The normalized spacial score (nSPS) is 16.2. The molecule has 11 nitrogen and oxygen atoms in total. The molecule has 0 radical (unpaired) electrons. The van der Waals surface area contributed by atoms with E-state index < -0.39 is 21.6 Å². The quantitative estimate of drug-likeness (QED) is 0.208. The first-order valence-electron chi connectivity index (χ1n) is 14.4. The van der Waals surface area contributed by atoms with Crippen LogP contribution in [0.5, 0.6) is 0 Å². The highest BCUT2D eigenvalue weighted by atomic mass is 35.5. The van der Waals surface area contributed by atoms with Gasteiger partial charge in [0, 0.05) is 42.2 Å². The molecule has 45 heavy (non-hydrogen) atoms. The largest absolute Gasteiger partial charge is 0.846 e. The number of aliphatic imine (C=N–C) groups is 1. The van der Waals surface area contributed by atoms with Gasteiger partial charge in [0.15, 0.2) is 0 Å². The summed E-state index contributed by atoms with van der Waals surface area (Å²) in [6, 6.07) is 18.3. The number of aryl methyl sites for hydroxylation is 1. The number of benzene rings is 3. The Morgan fingerprint density at radius 1 is 1.09 bits per heavy atom. The van der Waals surface area contributed by atoms with Gasteiger partial charge in [0.25, 0.3) is 15.9 Å². The first-order chi connectivity index (χ1) is 21.5. The predicted octanol–water partition coefficient (Wildman–Crippen LogP) is 4.04. The van der Waals surface area contributed by atoms with Crippen molar-refractivity contribution < 1.29 is 22.7 Å². The van der Waals surface area contributed by atoms with E-state index in [2.05, 4.69) is 15.2 Å². The summed E-state index contributed by atoms with van der Waals surface area (Å²) >= 11 is 5.85. The number of carbonyl (C=O) groups excluding carboxylic acids is 1. The van der Waals surface area contributed by atoms with E-state index in [1.54, 1.807) is 18.9 Å². The van der Waals surface area contributed by atoms with E-state index in [9.17, 15) is 18.3 Å². The number of rotatable bonds is 7. The summed E-state index contributed by atoms with van der Waals surface area (Å²) in [5.41, 5.74) is 4.38. The summed E-state index contributed by atoms with van der Waals surface area (Å²) in [5.74, 6) is 0.850. The van der Waals surface area contributed by atoms with Crippen molar-refractivity contribution in [2.45, 2.75) is 43.0 Å². The van der Waals surface area contributed by atoms with Crippen molar-refractivity contribution in [2.75, 3.05) is 13.6 Å². The van der Waals surface area contributed by atoms with Crippen LogP contribution in [0.1, 0.15) is 40.3 Å². The van der Waals surface area contributed by atoms with Crippen molar-refractivity contribution in [3.05, 3.63) is 94.5 Å². The van der Waals surface area contributed by atoms with Crippen LogP contribution in [-0.2, 0) is 22.9 Å². The number of carbonyl (C=O) groups is 1. The Balaban J connectivity index is 1.17. The fraction of sp³-hybridized carbons (Fsp3) is 0.250. The number of amidine groups is 1. The lowest BCUT2D eigenvalue weighted by atomic mass is 10.0. The van der Waals surface area contributed by atoms with Crippen LogP contribution < -0.4 is 9.83 Å². The van der Waals surface area contributed by atoms with Crippen molar-refractivity contribution in [3.8, 4) is 17.1 Å². The molecule has 1 N–H and O–H groups in total. The summed E-state index contributed by atoms with van der Waals surface area (Å²) in [6.45, 7) is 2.36. The van der Waals surface area contributed by atoms with Gasteiger partial charge in [-0.2, -0.15) is 0 Å². The van der Waals surface area contributed by atoms with Crippen LogP contribution in [0.3, 0.4) is 0 Å². The van der Waals surface area contributed by atoms with Crippen LogP contribution in [0.2, 0.25) is 5.02 Å². The van der Waals surface area contributed by atoms with Crippen molar-refractivity contribution in [2.24, 2.45) is 4.99 Å². The molecular formula is C32H28ClN6O5S-. The van der Waals surface area contributed by atoms with Crippen LogP contribution in [0, 0.1) is 6.92 Å². The third-order valence-electron chi connectivity index (χ3n) is 8.33. The molecule has 1 fully saturated rings. The molecule has 5 aromatic rings. The maximum absolute atomic E-state index is 13.5. The van der Waals surface area contributed by atoms with Crippen molar-refractivity contribution in [3.63, 3.8) is 0 Å². The molecule has 0 unspecified atom stereocenters. The molecule has 0 atom stereocenters. The lowest BCUT2D eigenvalue weighted by molar-refractivity contribution is -0.220. The van der Waals surface area contributed by atoms with Gasteiger partial charge in [-0.25, -0.2) is 8.42 Å². The Kier molecular flexibility index (Phi) is 6.93. The first kappa shape index (κ1) is 29.1. The Morgan fingerprint density at radius 3 is 2.49 bits per heavy atom. The third kappa shape index (κ3) is 5.44. The Morgan fingerprint density at radius 2 is 1.82 bits per heavy atom. The number of nitrogens with zero attached hydrogens (tertiary/aromatic N) is 5. The highest BCUT2D eigenvalue weighted by Crippen LogP contribution is 2.43. The molecule has 1 amide bonds.